The maximum atomic E-state index is 6.50. The van der Waals surface area contributed by atoms with Crippen molar-refractivity contribution in [2.24, 2.45) is 0 Å². The lowest BCUT2D eigenvalue weighted by Gasteiger charge is -2.26. The number of furan rings is 2. The van der Waals surface area contributed by atoms with Crippen molar-refractivity contribution in [1.82, 2.24) is 0 Å². The van der Waals surface area contributed by atoms with Crippen molar-refractivity contribution in [3.63, 3.8) is 0 Å². The number of benzene rings is 10. The van der Waals surface area contributed by atoms with E-state index in [1.807, 2.05) is 18.2 Å². The van der Waals surface area contributed by atoms with Crippen molar-refractivity contribution >= 4 is 60.9 Å². The van der Waals surface area contributed by atoms with E-state index in [2.05, 4.69) is 223 Å². The molecule has 2 heterocycles. The SMILES string of the molecule is c1ccc(-c2ccccc2-c2ccccc2-c2ccc(N(c3ccc(-c4ccc5oc6c(-c7ccccc7)cccc6c5c4)cc3)c3ccc4oc5ccccc5c4c3)cc2)cc1. The molecule has 296 valence electrons. The van der Waals surface area contributed by atoms with Crippen LogP contribution in [0.4, 0.5) is 17.1 Å². The fourth-order valence-corrected chi connectivity index (χ4v) is 9.27. The van der Waals surface area contributed by atoms with Crippen molar-refractivity contribution in [3.8, 4) is 55.6 Å². The molecule has 0 spiro atoms. The monoisotopic (exact) mass is 805 g/mol. The molecular formula is C60H39NO2. The van der Waals surface area contributed by atoms with E-state index in [1.165, 1.54) is 27.8 Å². The summed E-state index contributed by atoms with van der Waals surface area (Å²) in [5.74, 6) is 0. The van der Waals surface area contributed by atoms with E-state index in [0.717, 1.165) is 88.8 Å². The molecule has 10 aromatic carbocycles. The average molecular weight is 806 g/mol. The molecule has 12 rings (SSSR count). The number of hydrogen-bond acceptors (Lipinski definition) is 3. The summed E-state index contributed by atoms with van der Waals surface area (Å²) in [6.45, 7) is 0. The van der Waals surface area contributed by atoms with Gasteiger partial charge in [0.2, 0.25) is 0 Å². The first-order valence-corrected chi connectivity index (χ1v) is 21.4. The number of fused-ring (bicyclic) bond motifs is 6. The highest BCUT2D eigenvalue weighted by atomic mass is 16.3. The van der Waals surface area contributed by atoms with Crippen molar-refractivity contribution in [2.45, 2.75) is 0 Å². The third-order valence-electron chi connectivity index (χ3n) is 12.3. The van der Waals surface area contributed by atoms with Gasteiger partial charge in [0.25, 0.3) is 0 Å². The van der Waals surface area contributed by atoms with Gasteiger partial charge in [-0.25, -0.2) is 0 Å². The molecule has 0 bridgehead atoms. The van der Waals surface area contributed by atoms with E-state index < -0.39 is 0 Å². The summed E-state index contributed by atoms with van der Waals surface area (Å²) in [6.07, 6.45) is 0. The van der Waals surface area contributed by atoms with E-state index in [1.54, 1.807) is 0 Å². The molecule has 0 fully saturated rings. The van der Waals surface area contributed by atoms with Gasteiger partial charge in [0, 0.05) is 44.2 Å². The second-order valence-electron chi connectivity index (χ2n) is 16.0. The van der Waals surface area contributed by atoms with Crippen molar-refractivity contribution < 1.29 is 8.83 Å². The van der Waals surface area contributed by atoms with Crippen molar-refractivity contribution in [2.75, 3.05) is 4.90 Å². The summed E-state index contributed by atoms with van der Waals surface area (Å²) in [7, 11) is 0. The number of rotatable bonds is 8. The summed E-state index contributed by atoms with van der Waals surface area (Å²) >= 11 is 0. The standard InChI is InChI=1S/C60H39NO2/c1-3-14-41(15-4-1)48-18-7-9-20-51(48)52-21-10-8-19-49(52)43-28-33-46(34-29-43)61(47-35-37-58-56(39-47)53-22-11-12-25-57(53)62-58)45-31-26-40(27-32-45)44-30-36-59-55(38-44)54-24-13-23-50(60(54)63-59)42-16-5-2-6-17-42/h1-39H. The lowest BCUT2D eigenvalue weighted by Crippen LogP contribution is -2.09. The lowest BCUT2D eigenvalue weighted by molar-refractivity contribution is 0.669. The van der Waals surface area contributed by atoms with Gasteiger partial charge in [-0.15, -0.1) is 0 Å². The molecule has 0 saturated carbocycles. The third kappa shape index (κ3) is 6.46. The maximum absolute atomic E-state index is 6.50. The summed E-state index contributed by atoms with van der Waals surface area (Å²) < 4.78 is 12.8. The Morgan fingerprint density at radius 2 is 0.683 bits per heavy atom. The number of anilines is 3. The average Bonchev–Trinajstić information content (AvgIpc) is 3.93. The van der Waals surface area contributed by atoms with Crippen molar-refractivity contribution in [3.05, 3.63) is 237 Å². The Labute approximate surface area is 365 Å². The van der Waals surface area contributed by atoms with Gasteiger partial charge in [-0.2, -0.15) is 0 Å². The highest BCUT2D eigenvalue weighted by Crippen LogP contribution is 2.43. The van der Waals surface area contributed by atoms with Gasteiger partial charge in [-0.1, -0.05) is 176 Å². The molecule has 0 atom stereocenters. The summed E-state index contributed by atoms with van der Waals surface area (Å²) in [5.41, 5.74) is 18.4. The summed E-state index contributed by atoms with van der Waals surface area (Å²) in [4.78, 5) is 2.34. The van der Waals surface area contributed by atoms with E-state index >= 15 is 0 Å². The second-order valence-corrected chi connectivity index (χ2v) is 16.0. The predicted octanol–water partition coefficient (Wildman–Crippen LogP) is 17.3. The molecule has 12 aromatic rings. The highest BCUT2D eigenvalue weighted by Gasteiger charge is 2.19. The van der Waals surface area contributed by atoms with Gasteiger partial charge in [0.1, 0.15) is 22.3 Å². The summed E-state index contributed by atoms with van der Waals surface area (Å²) in [6, 6.07) is 84.1. The molecule has 0 radical (unpaired) electrons. The molecule has 63 heavy (non-hydrogen) atoms. The Morgan fingerprint density at radius 1 is 0.238 bits per heavy atom. The Morgan fingerprint density at radius 3 is 1.37 bits per heavy atom. The second kappa shape index (κ2) is 15.3. The van der Waals surface area contributed by atoms with Crippen LogP contribution in [-0.4, -0.2) is 0 Å². The molecule has 3 nitrogen and oxygen atoms in total. The number of para-hydroxylation sites is 2. The van der Waals surface area contributed by atoms with Gasteiger partial charge in [-0.3, -0.25) is 0 Å². The minimum Gasteiger partial charge on any atom is -0.456 e. The molecule has 0 aliphatic heterocycles. The lowest BCUT2D eigenvalue weighted by atomic mass is 9.89. The zero-order valence-corrected chi connectivity index (χ0v) is 34.3. The van der Waals surface area contributed by atoms with Crippen LogP contribution in [0.3, 0.4) is 0 Å². The van der Waals surface area contributed by atoms with E-state index in [0.29, 0.717) is 0 Å². The van der Waals surface area contributed by atoms with Crippen LogP contribution in [0.2, 0.25) is 0 Å². The van der Waals surface area contributed by atoms with Gasteiger partial charge < -0.3 is 13.7 Å². The first kappa shape index (κ1) is 36.5. The van der Waals surface area contributed by atoms with Crippen LogP contribution in [0.5, 0.6) is 0 Å². The molecule has 3 heteroatoms. The topological polar surface area (TPSA) is 29.5 Å². The number of hydrogen-bond donors (Lipinski definition) is 0. The fourth-order valence-electron chi connectivity index (χ4n) is 9.27. The van der Waals surface area contributed by atoms with E-state index in [9.17, 15) is 0 Å². The minimum atomic E-state index is 0.871. The first-order chi connectivity index (χ1) is 31.2. The first-order valence-electron chi connectivity index (χ1n) is 21.4. The third-order valence-corrected chi connectivity index (χ3v) is 12.3. The predicted molar refractivity (Wildman–Crippen MR) is 263 cm³/mol. The highest BCUT2D eigenvalue weighted by molar-refractivity contribution is 6.11. The summed E-state index contributed by atoms with van der Waals surface area (Å²) in [5, 5.41) is 4.41. The van der Waals surface area contributed by atoms with Crippen LogP contribution < -0.4 is 4.90 Å². The normalized spacial score (nSPS) is 11.5. The molecular weight excluding hydrogens is 767 g/mol. The zero-order chi connectivity index (χ0) is 41.7. The van der Waals surface area contributed by atoms with E-state index in [-0.39, 0.29) is 0 Å². The Kier molecular flexibility index (Phi) is 8.83. The van der Waals surface area contributed by atoms with Crippen molar-refractivity contribution in [1.29, 1.82) is 0 Å². The Hall–Kier alpha value is -8.40. The smallest absolute Gasteiger partial charge is 0.143 e. The number of nitrogens with zero attached hydrogens (tertiary/aromatic N) is 1. The molecule has 2 aromatic heterocycles. The van der Waals surface area contributed by atoms with Gasteiger partial charge >= 0.3 is 0 Å². The van der Waals surface area contributed by atoms with Gasteiger partial charge in [0.15, 0.2) is 0 Å². The van der Waals surface area contributed by atoms with Gasteiger partial charge in [-0.05, 0) is 111 Å². The maximum Gasteiger partial charge on any atom is 0.143 e. The Bertz CT molecular complexity index is 3600. The van der Waals surface area contributed by atoms with E-state index in [4.69, 9.17) is 8.83 Å². The molecule has 0 unspecified atom stereocenters. The molecule has 0 aliphatic carbocycles. The van der Waals surface area contributed by atoms with Gasteiger partial charge in [0.05, 0.1) is 0 Å². The Balaban J connectivity index is 0.938. The zero-order valence-electron chi connectivity index (χ0n) is 34.3. The van der Waals surface area contributed by atoms with Crippen LogP contribution >= 0.6 is 0 Å². The largest absolute Gasteiger partial charge is 0.456 e. The van der Waals surface area contributed by atoms with Crippen LogP contribution in [-0.2, 0) is 0 Å². The van der Waals surface area contributed by atoms with Crippen LogP contribution in [0, 0.1) is 0 Å². The van der Waals surface area contributed by atoms with Crippen LogP contribution in [0.1, 0.15) is 0 Å². The molecule has 0 amide bonds. The fraction of sp³-hybridized carbons (Fsp3) is 0. The molecule has 0 aliphatic rings. The molecule has 0 saturated heterocycles. The van der Waals surface area contributed by atoms with Crippen LogP contribution in [0.25, 0.3) is 99.5 Å². The minimum absolute atomic E-state index is 0.871. The van der Waals surface area contributed by atoms with Crippen LogP contribution in [0.15, 0.2) is 245 Å². The molecule has 0 N–H and O–H groups in total. The quantitative estimate of drug-likeness (QED) is 0.153.